The molecule has 21 heavy (non-hydrogen) atoms. The summed E-state index contributed by atoms with van der Waals surface area (Å²) < 4.78 is 7.44. The van der Waals surface area contributed by atoms with Crippen molar-refractivity contribution in [2.75, 3.05) is 5.32 Å². The summed E-state index contributed by atoms with van der Waals surface area (Å²) in [5, 5.41) is 7.20. The Bertz CT molecular complexity index is 777. The lowest BCUT2D eigenvalue weighted by Crippen LogP contribution is -2.14. The standard InChI is InChI=1S/C15H12BrN3O2/c1-10-9-14(17-15(20)12-7-8-13(16)21-12)19(18-10)11-5-3-2-4-6-11/h2-9H,1H3,(H,17,20). The highest BCUT2D eigenvalue weighted by Crippen LogP contribution is 2.19. The van der Waals surface area contributed by atoms with Gasteiger partial charge in [-0.1, -0.05) is 18.2 Å². The molecule has 3 rings (SSSR count). The fraction of sp³-hybridized carbons (Fsp3) is 0.0667. The van der Waals surface area contributed by atoms with Crippen molar-refractivity contribution < 1.29 is 9.21 Å². The van der Waals surface area contributed by atoms with Gasteiger partial charge in [0.2, 0.25) is 0 Å². The van der Waals surface area contributed by atoms with Crippen LogP contribution in [-0.4, -0.2) is 15.7 Å². The van der Waals surface area contributed by atoms with Crippen LogP contribution in [0.4, 0.5) is 5.82 Å². The number of hydrogen-bond acceptors (Lipinski definition) is 3. The van der Waals surface area contributed by atoms with Crippen molar-refractivity contribution in [1.82, 2.24) is 9.78 Å². The van der Waals surface area contributed by atoms with Crippen LogP contribution in [0.15, 0.2) is 57.6 Å². The molecule has 0 spiro atoms. The molecule has 0 saturated heterocycles. The molecular formula is C15H12BrN3O2. The lowest BCUT2D eigenvalue weighted by Gasteiger charge is -2.07. The van der Waals surface area contributed by atoms with Crippen molar-refractivity contribution in [2.24, 2.45) is 0 Å². The molecule has 0 radical (unpaired) electrons. The minimum Gasteiger partial charge on any atom is -0.444 e. The minimum absolute atomic E-state index is 0.236. The van der Waals surface area contributed by atoms with E-state index < -0.39 is 0 Å². The van der Waals surface area contributed by atoms with Gasteiger partial charge in [-0.2, -0.15) is 5.10 Å². The number of para-hydroxylation sites is 1. The Hall–Kier alpha value is -2.34. The normalized spacial score (nSPS) is 10.6. The van der Waals surface area contributed by atoms with E-state index in [0.29, 0.717) is 10.5 Å². The van der Waals surface area contributed by atoms with Gasteiger partial charge in [0.15, 0.2) is 10.4 Å². The lowest BCUT2D eigenvalue weighted by atomic mass is 10.3. The average Bonchev–Trinajstić information content (AvgIpc) is 3.06. The molecular weight excluding hydrogens is 334 g/mol. The van der Waals surface area contributed by atoms with Gasteiger partial charge >= 0.3 is 0 Å². The molecule has 0 fully saturated rings. The maximum absolute atomic E-state index is 12.2. The van der Waals surface area contributed by atoms with Crippen molar-refractivity contribution in [3.8, 4) is 5.69 Å². The molecule has 2 heterocycles. The molecule has 0 atom stereocenters. The number of rotatable bonds is 3. The van der Waals surface area contributed by atoms with E-state index in [1.165, 1.54) is 0 Å². The summed E-state index contributed by atoms with van der Waals surface area (Å²) in [7, 11) is 0. The van der Waals surface area contributed by atoms with Gasteiger partial charge < -0.3 is 9.73 Å². The molecule has 0 aliphatic carbocycles. The molecule has 1 aromatic carbocycles. The minimum atomic E-state index is -0.321. The Morgan fingerprint density at radius 3 is 2.67 bits per heavy atom. The van der Waals surface area contributed by atoms with Crippen LogP contribution in [0.5, 0.6) is 0 Å². The zero-order valence-electron chi connectivity index (χ0n) is 11.2. The number of hydrogen-bond donors (Lipinski definition) is 1. The lowest BCUT2D eigenvalue weighted by molar-refractivity contribution is 0.0994. The van der Waals surface area contributed by atoms with Crippen molar-refractivity contribution >= 4 is 27.7 Å². The monoisotopic (exact) mass is 345 g/mol. The summed E-state index contributed by atoms with van der Waals surface area (Å²) in [6.45, 7) is 1.87. The summed E-state index contributed by atoms with van der Waals surface area (Å²) >= 11 is 3.18. The number of nitrogens with one attached hydrogen (secondary N) is 1. The van der Waals surface area contributed by atoms with Gasteiger partial charge in [0.1, 0.15) is 5.82 Å². The van der Waals surface area contributed by atoms with Crippen molar-refractivity contribution in [3.05, 3.63) is 64.7 Å². The second-order valence-corrected chi connectivity index (χ2v) is 5.26. The van der Waals surface area contributed by atoms with Crippen molar-refractivity contribution in [1.29, 1.82) is 0 Å². The second-order valence-electron chi connectivity index (χ2n) is 4.48. The SMILES string of the molecule is Cc1cc(NC(=O)c2ccc(Br)o2)n(-c2ccccc2)n1. The van der Waals surface area contributed by atoms with E-state index in [1.54, 1.807) is 16.8 Å². The van der Waals surface area contributed by atoms with Gasteiger partial charge in [-0.3, -0.25) is 4.79 Å². The van der Waals surface area contributed by atoms with E-state index in [1.807, 2.05) is 43.3 Å². The fourth-order valence-corrected chi connectivity index (χ4v) is 2.28. The molecule has 0 bridgehead atoms. The summed E-state index contributed by atoms with van der Waals surface area (Å²) in [5.74, 6) is 0.509. The number of anilines is 1. The Morgan fingerprint density at radius 2 is 2.00 bits per heavy atom. The fourth-order valence-electron chi connectivity index (χ4n) is 1.97. The number of halogens is 1. The molecule has 2 aromatic heterocycles. The Kier molecular flexibility index (Phi) is 3.62. The largest absolute Gasteiger partial charge is 0.444 e. The predicted molar refractivity (Wildman–Crippen MR) is 82.7 cm³/mol. The topological polar surface area (TPSA) is 60.1 Å². The maximum Gasteiger partial charge on any atom is 0.292 e. The highest BCUT2D eigenvalue weighted by molar-refractivity contribution is 9.10. The number of benzene rings is 1. The number of carbonyl (C=O) groups is 1. The third-order valence-corrected chi connectivity index (χ3v) is 3.30. The second kappa shape index (κ2) is 5.57. The number of amides is 1. The van der Waals surface area contributed by atoms with E-state index in [2.05, 4.69) is 26.3 Å². The smallest absolute Gasteiger partial charge is 0.292 e. The molecule has 0 aliphatic rings. The first-order valence-corrected chi connectivity index (χ1v) is 7.11. The van der Waals surface area contributed by atoms with Crippen LogP contribution >= 0.6 is 15.9 Å². The van der Waals surface area contributed by atoms with Gasteiger partial charge in [0.05, 0.1) is 11.4 Å². The molecule has 106 valence electrons. The molecule has 0 unspecified atom stereocenters. The van der Waals surface area contributed by atoms with Crippen LogP contribution in [0.1, 0.15) is 16.2 Å². The molecule has 0 saturated carbocycles. The first kappa shape index (κ1) is 13.6. The molecule has 6 heteroatoms. The Morgan fingerprint density at radius 1 is 1.24 bits per heavy atom. The van der Waals surface area contributed by atoms with Gasteiger partial charge in [-0.25, -0.2) is 4.68 Å². The third kappa shape index (κ3) is 2.90. The Balaban J connectivity index is 1.91. The predicted octanol–water partition coefficient (Wildman–Crippen LogP) is 3.79. The van der Waals surface area contributed by atoms with Crippen LogP contribution in [0.25, 0.3) is 5.69 Å². The number of aryl methyl sites for hydroxylation is 1. The summed E-state index contributed by atoms with van der Waals surface area (Å²) in [5.41, 5.74) is 1.69. The molecule has 3 aromatic rings. The highest BCUT2D eigenvalue weighted by atomic mass is 79.9. The maximum atomic E-state index is 12.2. The van der Waals surface area contributed by atoms with Gasteiger partial charge in [0, 0.05) is 6.07 Å². The van der Waals surface area contributed by atoms with Gasteiger partial charge in [-0.15, -0.1) is 0 Å². The number of aromatic nitrogens is 2. The van der Waals surface area contributed by atoms with Crippen LogP contribution in [0.3, 0.4) is 0 Å². The average molecular weight is 346 g/mol. The number of carbonyl (C=O) groups excluding carboxylic acids is 1. The van der Waals surface area contributed by atoms with E-state index in [0.717, 1.165) is 11.4 Å². The number of furan rings is 1. The van der Waals surface area contributed by atoms with Gasteiger partial charge in [0.25, 0.3) is 5.91 Å². The zero-order chi connectivity index (χ0) is 14.8. The molecule has 5 nitrogen and oxygen atoms in total. The summed E-state index contributed by atoms with van der Waals surface area (Å²) in [4.78, 5) is 12.2. The van der Waals surface area contributed by atoms with Crippen LogP contribution in [-0.2, 0) is 0 Å². The van der Waals surface area contributed by atoms with Crippen LogP contribution in [0, 0.1) is 6.92 Å². The third-order valence-electron chi connectivity index (χ3n) is 2.87. The van der Waals surface area contributed by atoms with E-state index in [9.17, 15) is 4.79 Å². The molecule has 1 N–H and O–H groups in total. The quantitative estimate of drug-likeness (QED) is 0.785. The number of nitrogens with zero attached hydrogens (tertiary/aromatic N) is 2. The molecule has 1 amide bonds. The summed E-state index contributed by atoms with van der Waals surface area (Å²) in [6, 6.07) is 14.7. The van der Waals surface area contributed by atoms with E-state index >= 15 is 0 Å². The van der Waals surface area contributed by atoms with E-state index in [-0.39, 0.29) is 11.7 Å². The van der Waals surface area contributed by atoms with Gasteiger partial charge in [-0.05, 0) is 47.1 Å². The van der Waals surface area contributed by atoms with Crippen molar-refractivity contribution in [3.63, 3.8) is 0 Å². The first-order chi connectivity index (χ1) is 10.1. The van der Waals surface area contributed by atoms with Crippen LogP contribution in [0.2, 0.25) is 0 Å². The van der Waals surface area contributed by atoms with E-state index in [4.69, 9.17) is 4.42 Å². The summed E-state index contributed by atoms with van der Waals surface area (Å²) in [6.07, 6.45) is 0. The highest BCUT2D eigenvalue weighted by Gasteiger charge is 2.14. The van der Waals surface area contributed by atoms with Crippen molar-refractivity contribution in [2.45, 2.75) is 6.92 Å². The Labute approximate surface area is 129 Å². The first-order valence-electron chi connectivity index (χ1n) is 6.32. The van der Waals surface area contributed by atoms with Crippen LogP contribution < -0.4 is 5.32 Å². The molecule has 0 aliphatic heterocycles. The zero-order valence-corrected chi connectivity index (χ0v) is 12.8.